The van der Waals surface area contributed by atoms with Crippen LogP contribution in [0.4, 0.5) is 17.1 Å². The molecular weight excluding hydrogens is 286 g/mol. The molecule has 0 bridgehead atoms. The minimum Gasteiger partial charge on any atom is -0.617 e. The van der Waals surface area contributed by atoms with E-state index in [9.17, 15) is 20.2 Å². The number of non-ortho nitro benzene ring substituents is 1. The minimum absolute atomic E-state index is 0.0363. The average molecular weight is 296 g/mol. The molecule has 0 fully saturated rings. The van der Waals surface area contributed by atoms with E-state index in [1.807, 2.05) is 24.3 Å². The molecule has 2 heterocycles. The lowest BCUT2D eigenvalue weighted by atomic mass is 10.0. The van der Waals surface area contributed by atoms with Crippen LogP contribution in [0.1, 0.15) is 11.1 Å². The summed E-state index contributed by atoms with van der Waals surface area (Å²) in [6, 6.07) is 11.1. The van der Waals surface area contributed by atoms with Gasteiger partial charge in [0, 0.05) is 22.6 Å². The lowest BCUT2D eigenvalue weighted by Crippen LogP contribution is -2.41. The van der Waals surface area contributed by atoms with E-state index >= 15 is 0 Å². The number of hydroxylamine groups is 2. The number of hydrogen-bond acceptors (Lipinski definition) is 4. The Bertz CT molecular complexity index is 890. The fourth-order valence-electron chi connectivity index (χ4n) is 3.01. The molecule has 0 saturated carbocycles. The van der Waals surface area contributed by atoms with Gasteiger partial charge in [-0.25, -0.2) is 4.65 Å². The van der Waals surface area contributed by atoms with Crippen LogP contribution in [0.15, 0.2) is 48.3 Å². The Morgan fingerprint density at radius 2 is 1.95 bits per heavy atom. The molecule has 0 saturated heterocycles. The second-order valence-electron chi connectivity index (χ2n) is 5.32. The van der Waals surface area contributed by atoms with Crippen molar-refractivity contribution in [2.24, 2.45) is 0 Å². The first-order valence-corrected chi connectivity index (χ1v) is 6.66. The van der Waals surface area contributed by atoms with Gasteiger partial charge in [0.2, 0.25) is 5.69 Å². The van der Waals surface area contributed by atoms with Gasteiger partial charge in [-0.3, -0.25) is 10.1 Å². The number of nitrogens with zero attached hydrogens (tertiary/aromatic N) is 3. The summed E-state index contributed by atoms with van der Waals surface area (Å²) in [5.41, 5.74) is 1.75. The number of nitroso groups, excluding NO2 is 1. The van der Waals surface area contributed by atoms with Crippen molar-refractivity contribution in [3.8, 4) is 0 Å². The van der Waals surface area contributed by atoms with Gasteiger partial charge in [0.25, 0.3) is 5.69 Å². The van der Waals surface area contributed by atoms with Crippen molar-refractivity contribution in [3.05, 3.63) is 79.6 Å². The van der Waals surface area contributed by atoms with Gasteiger partial charge in [-0.15, -0.1) is 0 Å². The zero-order chi connectivity index (χ0) is 15.5. The molecule has 22 heavy (non-hydrogen) atoms. The third-order valence-electron chi connectivity index (χ3n) is 4.09. The van der Waals surface area contributed by atoms with Crippen LogP contribution in [0.5, 0.6) is 0 Å². The predicted octanol–water partition coefficient (Wildman–Crippen LogP) is 3.34. The molecule has 1 unspecified atom stereocenters. The number of quaternary nitrogens is 1. The predicted molar refractivity (Wildman–Crippen MR) is 79.7 cm³/mol. The molecule has 2 aromatic rings. The van der Waals surface area contributed by atoms with Crippen molar-refractivity contribution in [3.63, 3.8) is 0 Å². The van der Waals surface area contributed by atoms with Crippen LogP contribution >= 0.6 is 0 Å². The smallest absolute Gasteiger partial charge is 0.429 e. The SMILES string of the molecule is O=[N+]([O-])c1ccc2c(c1)[N+](=O)C1=Cc3ccccc3C[N+]12[O-]. The summed E-state index contributed by atoms with van der Waals surface area (Å²) in [6.07, 6.45) is 1.56. The fourth-order valence-corrected chi connectivity index (χ4v) is 3.01. The lowest BCUT2D eigenvalue weighted by Gasteiger charge is -2.35. The summed E-state index contributed by atoms with van der Waals surface area (Å²) in [5.74, 6) is 0.0363. The Labute approximate surface area is 124 Å². The highest BCUT2D eigenvalue weighted by Gasteiger charge is 2.54. The average Bonchev–Trinajstić information content (AvgIpc) is 2.73. The molecule has 0 aliphatic carbocycles. The molecule has 4 rings (SSSR count). The topological polar surface area (TPSA) is 86.3 Å². The highest BCUT2D eigenvalue weighted by molar-refractivity contribution is 5.75. The first kappa shape index (κ1) is 12.8. The zero-order valence-electron chi connectivity index (χ0n) is 11.3. The molecule has 108 valence electrons. The summed E-state index contributed by atoms with van der Waals surface area (Å²) in [5, 5.41) is 24.1. The molecule has 1 atom stereocenters. The number of nitro benzene ring substituents is 1. The number of hydrogen-bond donors (Lipinski definition) is 0. The van der Waals surface area contributed by atoms with E-state index < -0.39 is 9.57 Å². The van der Waals surface area contributed by atoms with Crippen molar-refractivity contribution in [1.29, 1.82) is 0 Å². The van der Waals surface area contributed by atoms with Crippen LogP contribution in [0, 0.1) is 20.2 Å². The van der Waals surface area contributed by atoms with Crippen LogP contribution in [0.2, 0.25) is 0 Å². The first-order chi connectivity index (χ1) is 10.5. The van der Waals surface area contributed by atoms with Gasteiger partial charge in [-0.1, -0.05) is 24.3 Å². The van der Waals surface area contributed by atoms with E-state index in [4.69, 9.17) is 0 Å². The van der Waals surface area contributed by atoms with E-state index in [1.165, 1.54) is 12.1 Å². The molecule has 2 aliphatic heterocycles. The van der Waals surface area contributed by atoms with Crippen LogP contribution in [-0.2, 0) is 6.54 Å². The maximum atomic E-state index is 13.2. The van der Waals surface area contributed by atoms with E-state index in [0.717, 1.165) is 17.2 Å². The van der Waals surface area contributed by atoms with Crippen LogP contribution in [0.25, 0.3) is 6.08 Å². The van der Waals surface area contributed by atoms with Crippen molar-refractivity contribution in [2.45, 2.75) is 6.54 Å². The molecule has 0 spiro atoms. The van der Waals surface area contributed by atoms with E-state index in [-0.39, 0.29) is 29.4 Å². The zero-order valence-corrected chi connectivity index (χ0v) is 11.3. The van der Waals surface area contributed by atoms with Gasteiger partial charge < -0.3 is 5.21 Å². The monoisotopic (exact) mass is 296 g/mol. The van der Waals surface area contributed by atoms with Gasteiger partial charge >= 0.3 is 11.5 Å². The van der Waals surface area contributed by atoms with Crippen LogP contribution < -0.4 is 4.65 Å². The number of nitro groups is 1. The molecule has 7 nitrogen and oxygen atoms in total. The third kappa shape index (κ3) is 1.51. The Morgan fingerprint density at radius 3 is 2.73 bits per heavy atom. The Morgan fingerprint density at radius 1 is 1.18 bits per heavy atom. The van der Waals surface area contributed by atoms with Crippen molar-refractivity contribution in [1.82, 2.24) is 4.65 Å². The second kappa shape index (κ2) is 4.06. The van der Waals surface area contributed by atoms with Gasteiger partial charge in [0.15, 0.2) is 0 Å². The van der Waals surface area contributed by atoms with Gasteiger partial charge in [-0.05, 0) is 5.56 Å². The normalized spacial score (nSPS) is 21.7. The number of fused-ring (bicyclic) bond motifs is 4. The minimum atomic E-state index is -0.909. The molecule has 0 aromatic heterocycles. The highest BCUT2D eigenvalue weighted by atomic mass is 16.6. The second-order valence-corrected chi connectivity index (χ2v) is 5.32. The van der Waals surface area contributed by atoms with Crippen LogP contribution in [-0.4, -0.2) is 9.68 Å². The maximum absolute atomic E-state index is 13.2. The van der Waals surface area contributed by atoms with Crippen LogP contribution in [0.3, 0.4) is 0 Å². The number of benzene rings is 2. The van der Waals surface area contributed by atoms with E-state index in [2.05, 4.69) is 0 Å². The standard InChI is InChI=1S/C15H10N3O4/c19-16-13-8-12(17(20)21)5-6-14(13)18(22)9-11-4-2-1-3-10(11)7-15(16)18/h1-8H,9H2/q+1. The van der Waals surface area contributed by atoms with Crippen molar-refractivity contribution >= 4 is 23.1 Å². The maximum Gasteiger partial charge on any atom is 0.429 e. The highest BCUT2D eigenvalue weighted by Crippen LogP contribution is 2.50. The Hall–Kier alpha value is -2.90. The van der Waals surface area contributed by atoms with E-state index in [1.54, 1.807) is 6.08 Å². The molecule has 0 N–H and O–H groups in total. The quantitative estimate of drug-likeness (QED) is 0.265. The van der Waals surface area contributed by atoms with Gasteiger partial charge in [0.1, 0.15) is 11.3 Å². The summed E-state index contributed by atoms with van der Waals surface area (Å²) in [6.45, 7) is 0.103. The Balaban J connectivity index is 1.95. The summed E-state index contributed by atoms with van der Waals surface area (Å²) in [7, 11) is 0. The molecule has 0 amide bonds. The summed E-state index contributed by atoms with van der Waals surface area (Å²) in [4.78, 5) is 22.7. The summed E-state index contributed by atoms with van der Waals surface area (Å²) >= 11 is 0. The van der Waals surface area contributed by atoms with Gasteiger partial charge in [-0.2, -0.15) is 0 Å². The Kier molecular flexibility index (Phi) is 2.37. The molecule has 2 aromatic carbocycles. The largest absolute Gasteiger partial charge is 0.617 e. The van der Waals surface area contributed by atoms with Crippen molar-refractivity contribution < 1.29 is 9.68 Å². The molecule has 0 radical (unpaired) electrons. The van der Waals surface area contributed by atoms with E-state index in [0.29, 0.717) is 4.76 Å². The van der Waals surface area contributed by atoms with Crippen molar-refractivity contribution in [2.75, 3.05) is 0 Å². The molecular formula is C15H10N3O4+. The number of rotatable bonds is 1. The third-order valence-corrected chi connectivity index (χ3v) is 4.09. The van der Waals surface area contributed by atoms with Gasteiger partial charge in [0.05, 0.1) is 17.1 Å². The summed E-state index contributed by atoms with van der Waals surface area (Å²) < 4.78 is -0.404. The molecule has 7 heteroatoms. The first-order valence-electron chi connectivity index (χ1n) is 6.66. The fraction of sp³-hybridized carbons (Fsp3) is 0.0667. The molecule has 2 aliphatic rings. The lowest BCUT2D eigenvalue weighted by molar-refractivity contribution is -0.412.